The number of nitrogens with one attached hydrogen (secondary N) is 2. The smallest absolute Gasteiger partial charge is 0.241 e. The van der Waals surface area contributed by atoms with Crippen LogP contribution in [0.5, 0.6) is 0 Å². The Morgan fingerprint density at radius 3 is 2.18 bits per heavy atom. The number of para-hydroxylation sites is 2. The Morgan fingerprint density at radius 2 is 1.57 bits per heavy atom. The first-order chi connectivity index (χ1) is 13.2. The maximum absolute atomic E-state index is 12.7. The fourth-order valence-electron chi connectivity index (χ4n) is 2.71. The van der Waals surface area contributed by atoms with Gasteiger partial charge in [0.15, 0.2) is 0 Å². The van der Waals surface area contributed by atoms with Crippen molar-refractivity contribution in [3.05, 3.63) is 58.1 Å². The lowest BCUT2D eigenvalue weighted by molar-refractivity contribution is -0.122. The molecule has 0 saturated heterocycles. The van der Waals surface area contributed by atoms with Crippen molar-refractivity contribution in [1.82, 2.24) is 4.90 Å². The third-order valence-corrected chi connectivity index (χ3v) is 5.13. The summed E-state index contributed by atoms with van der Waals surface area (Å²) in [6, 6.07) is 12.2. The van der Waals surface area contributed by atoms with Crippen molar-refractivity contribution in [2.24, 2.45) is 0 Å². The molecule has 2 N–H and O–H groups in total. The SMILES string of the molecule is CC(C)c1ccccc1NC(=O)C(C)N(C)CC(=O)Nc1c(Cl)cccc1Cl. The zero-order valence-corrected chi connectivity index (χ0v) is 17.9. The van der Waals surface area contributed by atoms with Gasteiger partial charge in [0.2, 0.25) is 11.8 Å². The molecule has 0 fully saturated rings. The molecule has 0 aromatic heterocycles. The number of anilines is 2. The first-order valence-electron chi connectivity index (χ1n) is 9.04. The largest absolute Gasteiger partial charge is 0.324 e. The minimum Gasteiger partial charge on any atom is -0.324 e. The highest BCUT2D eigenvalue weighted by molar-refractivity contribution is 6.39. The predicted octanol–water partition coefficient (Wildman–Crippen LogP) is 5.01. The van der Waals surface area contributed by atoms with Crippen LogP contribution in [0, 0.1) is 0 Å². The van der Waals surface area contributed by atoms with E-state index in [2.05, 4.69) is 24.5 Å². The van der Waals surface area contributed by atoms with Crippen LogP contribution in [-0.4, -0.2) is 36.3 Å². The van der Waals surface area contributed by atoms with Gasteiger partial charge in [-0.2, -0.15) is 0 Å². The number of carbonyl (C=O) groups is 2. The number of nitrogens with zero attached hydrogens (tertiary/aromatic N) is 1. The molecule has 2 aromatic rings. The predicted molar refractivity (Wildman–Crippen MR) is 116 cm³/mol. The highest BCUT2D eigenvalue weighted by atomic mass is 35.5. The Balaban J connectivity index is 1.99. The molecule has 0 radical (unpaired) electrons. The lowest BCUT2D eigenvalue weighted by Gasteiger charge is -2.24. The van der Waals surface area contributed by atoms with Gasteiger partial charge in [-0.3, -0.25) is 14.5 Å². The van der Waals surface area contributed by atoms with E-state index in [1.165, 1.54) is 0 Å². The molecule has 0 aliphatic carbocycles. The number of amides is 2. The van der Waals surface area contributed by atoms with Gasteiger partial charge in [0.1, 0.15) is 0 Å². The number of hydrogen-bond donors (Lipinski definition) is 2. The number of hydrogen-bond acceptors (Lipinski definition) is 3. The normalized spacial score (nSPS) is 12.1. The van der Waals surface area contributed by atoms with Gasteiger partial charge in [-0.05, 0) is 43.7 Å². The van der Waals surface area contributed by atoms with E-state index >= 15 is 0 Å². The van der Waals surface area contributed by atoms with Crippen molar-refractivity contribution in [2.45, 2.75) is 32.7 Å². The van der Waals surface area contributed by atoms with Gasteiger partial charge >= 0.3 is 0 Å². The Bertz CT molecular complexity index is 835. The molecule has 0 spiro atoms. The van der Waals surface area contributed by atoms with Gasteiger partial charge in [-0.25, -0.2) is 0 Å². The molecule has 7 heteroatoms. The van der Waals surface area contributed by atoms with E-state index in [1.807, 2.05) is 24.3 Å². The maximum atomic E-state index is 12.7. The average Bonchev–Trinajstić information content (AvgIpc) is 2.64. The lowest BCUT2D eigenvalue weighted by atomic mass is 10.0. The van der Waals surface area contributed by atoms with Crippen LogP contribution in [0.2, 0.25) is 10.0 Å². The zero-order valence-electron chi connectivity index (χ0n) is 16.4. The molecule has 0 saturated carbocycles. The molecule has 0 aliphatic heterocycles. The number of rotatable bonds is 7. The fourth-order valence-corrected chi connectivity index (χ4v) is 3.20. The van der Waals surface area contributed by atoms with Gasteiger partial charge in [0, 0.05) is 5.69 Å². The van der Waals surface area contributed by atoms with Crippen molar-refractivity contribution in [2.75, 3.05) is 24.2 Å². The van der Waals surface area contributed by atoms with Crippen molar-refractivity contribution < 1.29 is 9.59 Å². The van der Waals surface area contributed by atoms with E-state index in [0.29, 0.717) is 15.7 Å². The van der Waals surface area contributed by atoms with E-state index in [-0.39, 0.29) is 24.3 Å². The summed E-state index contributed by atoms with van der Waals surface area (Å²) in [5, 5.41) is 6.38. The Hall–Kier alpha value is -2.08. The third-order valence-electron chi connectivity index (χ3n) is 4.50. The Kier molecular flexibility index (Phi) is 7.87. The van der Waals surface area contributed by atoms with Crippen molar-refractivity contribution in [1.29, 1.82) is 0 Å². The molecular formula is C21H25Cl2N3O2. The summed E-state index contributed by atoms with van der Waals surface area (Å²) in [6.45, 7) is 5.92. The number of benzene rings is 2. The van der Waals surface area contributed by atoms with Crippen LogP contribution in [0.1, 0.15) is 32.3 Å². The molecule has 0 heterocycles. The lowest BCUT2D eigenvalue weighted by Crippen LogP contribution is -2.43. The average molecular weight is 422 g/mol. The van der Waals surface area contributed by atoms with E-state index in [9.17, 15) is 9.59 Å². The molecule has 1 unspecified atom stereocenters. The number of halogens is 2. The van der Waals surface area contributed by atoms with Crippen LogP contribution in [0.3, 0.4) is 0 Å². The quantitative estimate of drug-likeness (QED) is 0.659. The Morgan fingerprint density at radius 1 is 0.964 bits per heavy atom. The molecule has 0 aliphatic rings. The van der Waals surface area contributed by atoms with Gasteiger partial charge in [0.05, 0.1) is 28.3 Å². The second kappa shape index (κ2) is 9.92. The molecule has 2 amide bonds. The monoisotopic (exact) mass is 421 g/mol. The molecule has 5 nitrogen and oxygen atoms in total. The van der Waals surface area contributed by atoms with Crippen LogP contribution in [0.15, 0.2) is 42.5 Å². The topological polar surface area (TPSA) is 61.4 Å². The molecule has 0 bridgehead atoms. The standard InChI is InChI=1S/C21H25Cl2N3O2/c1-13(2)15-8-5-6-11-18(15)24-21(28)14(3)26(4)12-19(27)25-20-16(22)9-7-10-17(20)23/h5-11,13-14H,12H2,1-4H3,(H,24,28)(H,25,27). The molecule has 2 rings (SSSR count). The maximum Gasteiger partial charge on any atom is 0.241 e. The summed E-state index contributed by atoms with van der Waals surface area (Å²) in [5.74, 6) is -0.199. The van der Waals surface area contributed by atoms with E-state index in [1.54, 1.807) is 37.1 Å². The molecule has 1 atom stereocenters. The minimum atomic E-state index is -0.507. The summed E-state index contributed by atoms with van der Waals surface area (Å²) in [6.07, 6.45) is 0. The van der Waals surface area contributed by atoms with Gasteiger partial charge in [-0.15, -0.1) is 0 Å². The first-order valence-corrected chi connectivity index (χ1v) is 9.80. The van der Waals surface area contributed by atoms with E-state index in [0.717, 1.165) is 11.3 Å². The van der Waals surface area contributed by atoms with Crippen molar-refractivity contribution in [3.63, 3.8) is 0 Å². The highest BCUT2D eigenvalue weighted by Gasteiger charge is 2.22. The van der Waals surface area contributed by atoms with Gasteiger partial charge < -0.3 is 10.6 Å². The summed E-state index contributed by atoms with van der Waals surface area (Å²) >= 11 is 12.2. The van der Waals surface area contributed by atoms with Crippen LogP contribution < -0.4 is 10.6 Å². The summed E-state index contributed by atoms with van der Waals surface area (Å²) in [7, 11) is 1.71. The molecular weight excluding hydrogens is 397 g/mol. The minimum absolute atomic E-state index is 0.0158. The fraction of sp³-hybridized carbons (Fsp3) is 0.333. The molecule has 2 aromatic carbocycles. The second-order valence-electron chi connectivity index (χ2n) is 6.97. The second-order valence-corrected chi connectivity index (χ2v) is 7.78. The van der Waals surface area contributed by atoms with Crippen molar-refractivity contribution >= 4 is 46.4 Å². The molecule has 28 heavy (non-hydrogen) atoms. The van der Waals surface area contributed by atoms with Gasteiger partial charge in [-0.1, -0.05) is 61.3 Å². The number of likely N-dealkylation sites (N-methyl/N-ethyl adjacent to an activating group) is 1. The highest BCUT2D eigenvalue weighted by Crippen LogP contribution is 2.29. The summed E-state index contributed by atoms with van der Waals surface area (Å²) < 4.78 is 0. The Labute approximate surface area is 176 Å². The number of carbonyl (C=O) groups excluding carboxylic acids is 2. The summed E-state index contributed by atoms with van der Waals surface area (Å²) in [5.41, 5.74) is 2.22. The van der Waals surface area contributed by atoms with Crippen LogP contribution >= 0.6 is 23.2 Å². The first kappa shape index (κ1) is 22.2. The zero-order chi connectivity index (χ0) is 20.8. The van der Waals surface area contributed by atoms with Crippen LogP contribution in [-0.2, 0) is 9.59 Å². The van der Waals surface area contributed by atoms with Crippen molar-refractivity contribution in [3.8, 4) is 0 Å². The van der Waals surface area contributed by atoms with E-state index < -0.39 is 6.04 Å². The third kappa shape index (κ3) is 5.71. The van der Waals surface area contributed by atoms with Crippen LogP contribution in [0.4, 0.5) is 11.4 Å². The molecule has 150 valence electrons. The van der Waals surface area contributed by atoms with Crippen LogP contribution in [0.25, 0.3) is 0 Å². The van der Waals surface area contributed by atoms with Gasteiger partial charge in [0.25, 0.3) is 0 Å². The van der Waals surface area contributed by atoms with E-state index in [4.69, 9.17) is 23.2 Å². The summed E-state index contributed by atoms with van der Waals surface area (Å²) in [4.78, 5) is 26.7.